The summed E-state index contributed by atoms with van der Waals surface area (Å²) < 4.78 is 10.8. The van der Waals surface area contributed by atoms with Gasteiger partial charge in [0, 0.05) is 24.7 Å². The molecule has 22 heavy (non-hydrogen) atoms. The van der Waals surface area contributed by atoms with E-state index in [1.54, 1.807) is 14.2 Å². The van der Waals surface area contributed by atoms with Crippen molar-refractivity contribution in [3.05, 3.63) is 23.8 Å². The minimum Gasteiger partial charge on any atom is -0.493 e. The quantitative estimate of drug-likeness (QED) is 0.839. The predicted molar refractivity (Wildman–Crippen MR) is 90.8 cm³/mol. The molecule has 1 aromatic carbocycles. The van der Waals surface area contributed by atoms with Crippen LogP contribution in [-0.2, 0) is 6.54 Å². The lowest BCUT2D eigenvalue weighted by Crippen LogP contribution is -2.39. The van der Waals surface area contributed by atoms with E-state index in [2.05, 4.69) is 23.2 Å². The van der Waals surface area contributed by atoms with Gasteiger partial charge in [0.1, 0.15) is 0 Å². The van der Waals surface area contributed by atoms with Gasteiger partial charge in [-0.3, -0.25) is 0 Å². The van der Waals surface area contributed by atoms with Crippen LogP contribution in [0.4, 0.5) is 0 Å². The van der Waals surface area contributed by atoms with E-state index >= 15 is 0 Å². The molecule has 0 spiro atoms. The zero-order valence-electron chi connectivity index (χ0n) is 14.2. The zero-order valence-corrected chi connectivity index (χ0v) is 14.2. The van der Waals surface area contributed by atoms with Crippen molar-refractivity contribution in [2.24, 2.45) is 0 Å². The molecule has 0 saturated carbocycles. The summed E-state index contributed by atoms with van der Waals surface area (Å²) in [6.07, 6.45) is 5.46. The molecule has 0 bridgehead atoms. The number of hydrogen-bond donors (Lipinski definition) is 1. The second kappa shape index (κ2) is 9.01. The minimum atomic E-state index is 0.467. The maximum absolute atomic E-state index is 5.49. The number of nitrogens with one attached hydrogen (secondary N) is 1. The Labute approximate surface area is 134 Å². The molecule has 124 valence electrons. The number of ether oxygens (including phenoxy) is 2. The van der Waals surface area contributed by atoms with Crippen LogP contribution < -0.4 is 14.8 Å². The molecule has 4 heteroatoms. The van der Waals surface area contributed by atoms with Gasteiger partial charge in [0.2, 0.25) is 0 Å². The normalized spacial score (nSPS) is 17.8. The van der Waals surface area contributed by atoms with Crippen LogP contribution in [0.2, 0.25) is 0 Å². The fraction of sp³-hybridized carbons (Fsp3) is 0.667. The van der Waals surface area contributed by atoms with Gasteiger partial charge in [-0.05, 0) is 38.9 Å². The molecule has 1 heterocycles. The maximum Gasteiger partial charge on any atom is 0.165 e. The van der Waals surface area contributed by atoms with Crippen molar-refractivity contribution in [1.29, 1.82) is 0 Å². The van der Waals surface area contributed by atoms with E-state index in [0.717, 1.165) is 30.2 Å². The lowest BCUT2D eigenvalue weighted by Gasteiger charge is -2.25. The highest BCUT2D eigenvalue weighted by atomic mass is 16.5. The third kappa shape index (κ3) is 4.89. The van der Waals surface area contributed by atoms with Crippen LogP contribution in [0, 0.1) is 0 Å². The molecule has 1 fully saturated rings. The highest BCUT2D eigenvalue weighted by Crippen LogP contribution is 2.30. The molecule has 0 amide bonds. The highest BCUT2D eigenvalue weighted by molar-refractivity contribution is 5.46. The second-order valence-corrected chi connectivity index (χ2v) is 6.15. The van der Waals surface area contributed by atoms with E-state index in [1.165, 1.54) is 38.8 Å². The van der Waals surface area contributed by atoms with Gasteiger partial charge in [-0.25, -0.2) is 0 Å². The number of benzene rings is 1. The monoisotopic (exact) mass is 306 g/mol. The number of methoxy groups -OCH3 is 2. The molecule has 0 radical (unpaired) electrons. The average molecular weight is 306 g/mol. The van der Waals surface area contributed by atoms with E-state index in [4.69, 9.17) is 9.47 Å². The maximum atomic E-state index is 5.49. The molecule has 4 nitrogen and oxygen atoms in total. The standard InChI is InChI=1S/C18H30N2O2/c1-15(14-20-11-6-4-5-7-12-20)19-13-16-9-8-10-17(21-2)18(16)22-3/h8-10,15,19H,4-7,11-14H2,1-3H3. The van der Waals surface area contributed by atoms with Crippen molar-refractivity contribution in [3.8, 4) is 11.5 Å². The van der Waals surface area contributed by atoms with E-state index in [9.17, 15) is 0 Å². The Balaban J connectivity index is 1.86. The van der Waals surface area contributed by atoms with E-state index in [0.29, 0.717) is 6.04 Å². The Hall–Kier alpha value is -1.26. The molecule has 2 rings (SSSR count). The number of nitrogens with zero attached hydrogens (tertiary/aromatic N) is 1. The number of hydrogen-bond acceptors (Lipinski definition) is 4. The van der Waals surface area contributed by atoms with E-state index < -0.39 is 0 Å². The predicted octanol–water partition coefficient (Wildman–Crippen LogP) is 3.06. The Bertz CT molecular complexity index is 443. The summed E-state index contributed by atoms with van der Waals surface area (Å²) in [6, 6.07) is 6.50. The van der Waals surface area contributed by atoms with Crippen LogP contribution in [0.15, 0.2) is 18.2 Å². The molecule has 1 atom stereocenters. The van der Waals surface area contributed by atoms with E-state index in [-0.39, 0.29) is 0 Å². The first-order valence-corrected chi connectivity index (χ1v) is 8.40. The van der Waals surface area contributed by atoms with Crippen LogP contribution in [-0.4, -0.2) is 44.8 Å². The topological polar surface area (TPSA) is 33.7 Å². The average Bonchev–Trinajstić information content (AvgIpc) is 2.81. The van der Waals surface area contributed by atoms with Gasteiger partial charge in [0.05, 0.1) is 14.2 Å². The van der Waals surface area contributed by atoms with Crippen molar-refractivity contribution < 1.29 is 9.47 Å². The number of para-hydroxylation sites is 1. The third-order valence-corrected chi connectivity index (χ3v) is 4.36. The summed E-state index contributed by atoms with van der Waals surface area (Å²) in [7, 11) is 3.37. The minimum absolute atomic E-state index is 0.467. The fourth-order valence-electron chi connectivity index (χ4n) is 3.15. The molecule has 1 saturated heterocycles. The SMILES string of the molecule is COc1cccc(CNC(C)CN2CCCCCC2)c1OC. The van der Waals surface area contributed by atoms with Gasteiger partial charge in [0.25, 0.3) is 0 Å². The van der Waals surface area contributed by atoms with Gasteiger partial charge in [-0.15, -0.1) is 0 Å². The molecule has 1 unspecified atom stereocenters. The van der Waals surface area contributed by atoms with Gasteiger partial charge >= 0.3 is 0 Å². The van der Waals surface area contributed by atoms with Crippen molar-refractivity contribution >= 4 is 0 Å². The Kier molecular flexibility index (Phi) is 7.00. The largest absolute Gasteiger partial charge is 0.493 e. The van der Waals surface area contributed by atoms with Gasteiger partial charge in [0.15, 0.2) is 11.5 Å². The zero-order chi connectivity index (χ0) is 15.8. The summed E-state index contributed by atoms with van der Waals surface area (Å²) in [4.78, 5) is 2.59. The lowest BCUT2D eigenvalue weighted by atomic mass is 10.1. The Morgan fingerprint density at radius 2 is 1.82 bits per heavy atom. The van der Waals surface area contributed by atoms with Crippen LogP contribution in [0.3, 0.4) is 0 Å². The second-order valence-electron chi connectivity index (χ2n) is 6.15. The summed E-state index contributed by atoms with van der Waals surface area (Å²) in [5.41, 5.74) is 1.14. The smallest absolute Gasteiger partial charge is 0.165 e. The van der Waals surface area contributed by atoms with Crippen molar-refractivity contribution in [3.63, 3.8) is 0 Å². The van der Waals surface area contributed by atoms with Crippen molar-refractivity contribution in [2.75, 3.05) is 33.9 Å². The van der Waals surface area contributed by atoms with Crippen LogP contribution >= 0.6 is 0 Å². The van der Waals surface area contributed by atoms with E-state index in [1.807, 2.05) is 12.1 Å². The van der Waals surface area contributed by atoms with Crippen molar-refractivity contribution in [1.82, 2.24) is 10.2 Å². The highest BCUT2D eigenvalue weighted by Gasteiger charge is 2.14. The first kappa shape index (κ1) is 17.1. The number of likely N-dealkylation sites (tertiary alicyclic amines) is 1. The Morgan fingerprint density at radius 1 is 1.09 bits per heavy atom. The number of rotatable bonds is 7. The first-order valence-electron chi connectivity index (χ1n) is 8.40. The molecule has 1 aliphatic heterocycles. The molecule has 1 aliphatic rings. The summed E-state index contributed by atoms with van der Waals surface area (Å²) in [5.74, 6) is 1.63. The fourth-order valence-corrected chi connectivity index (χ4v) is 3.15. The summed E-state index contributed by atoms with van der Waals surface area (Å²) >= 11 is 0. The molecular formula is C18H30N2O2. The molecule has 1 aromatic rings. The van der Waals surface area contributed by atoms with Gasteiger partial charge in [-0.2, -0.15) is 0 Å². The lowest BCUT2D eigenvalue weighted by molar-refractivity contribution is 0.255. The molecule has 0 aromatic heterocycles. The van der Waals surface area contributed by atoms with Crippen LogP contribution in [0.5, 0.6) is 11.5 Å². The third-order valence-electron chi connectivity index (χ3n) is 4.36. The summed E-state index contributed by atoms with van der Waals surface area (Å²) in [6.45, 7) is 6.67. The van der Waals surface area contributed by atoms with Crippen LogP contribution in [0.1, 0.15) is 38.2 Å². The van der Waals surface area contributed by atoms with Gasteiger partial charge < -0.3 is 19.7 Å². The van der Waals surface area contributed by atoms with Crippen molar-refractivity contribution in [2.45, 2.75) is 45.2 Å². The molecule has 0 aliphatic carbocycles. The molecule has 1 N–H and O–H groups in total. The first-order chi connectivity index (χ1) is 10.7. The molecular weight excluding hydrogens is 276 g/mol. The Morgan fingerprint density at radius 3 is 2.45 bits per heavy atom. The summed E-state index contributed by atoms with van der Waals surface area (Å²) in [5, 5.41) is 3.62. The van der Waals surface area contributed by atoms with Crippen LogP contribution in [0.25, 0.3) is 0 Å². The van der Waals surface area contributed by atoms with Gasteiger partial charge in [-0.1, -0.05) is 25.0 Å².